The number of hydrogen-bond donors (Lipinski definition) is 1. The van der Waals surface area contributed by atoms with Gasteiger partial charge in [-0.25, -0.2) is 4.79 Å². The molecule has 0 aliphatic heterocycles. The lowest BCUT2D eigenvalue weighted by atomic mass is 10.1. The predicted molar refractivity (Wildman–Crippen MR) is 66.2 cm³/mol. The summed E-state index contributed by atoms with van der Waals surface area (Å²) < 4.78 is 4.95. The van der Waals surface area contributed by atoms with Crippen LogP contribution in [-0.4, -0.2) is 31.2 Å². The molecule has 0 atom stereocenters. The van der Waals surface area contributed by atoms with Gasteiger partial charge in [0, 0.05) is 12.6 Å². The molecule has 0 radical (unpaired) electrons. The van der Waals surface area contributed by atoms with Crippen molar-refractivity contribution in [2.24, 2.45) is 5.16 Å². The number of oxime groups is 1. The fourth-order valence-corrected chi connectivity index (χ4v) is 1.17. The number of rotatable bonds is 4. The number of ketones is 1. The maximum absolute atomic E-state index is 11.7. The van der Waals surface area contributed by atoms with E-state index in [0.29, 0.717) is 11.3 Å². The normalized spacial score (nSPS) is 10.7. The zero-order valence-corrected chi connectivity index (χ0v) is 10.5. The van der Waals surface area contributed by atoms with Crippen molar-refractivity contribution < 1.29 is 19.2 Å². The Bertz CT molecular complexity index is 470. The summed E-state index contributed by atoms with van der Waals surface area (Å²) in [6.07, 6.45) is -0.810. The van der Waals surface area contributed by atoms with E-state index >= 15 is 0 Å². The summed E-state index contributed by atoms with van der Waals surface area (Å²) in [6, 6.07) is 6.27. The van der Waals surface area contributed by atoms with Crippen LogP contribution >= 0.6 is 11.6 Å². The molecular formula is C11H11ClN2O4. The molecule has 0 fully saturated rings. The maximum Gasteiger partial charge on any atom is 0.433 e. The van der Waals surface area contributed by atoms with E-state index in [1.165, 1.54) is 26.3 Å². The number of Topliss-reactive ketones (excluding diaryl/α,β-unsaturated/α-hetero) is 1. The van der Waals surface area contributed by atoms with Crippen LogP contribution in [0.1, 0.15) is 10.4 Å². The third-order valence-corrected chi connectivity index (χ3v) is 2.19. The Kier molecular flexibility index (Phi) is 5.13. The van der Waals surface area contributed by atoms with Gasteiger partial charge in [-0.05, 0) is 24.3 Å². The first kappa shape index (κ1) is 14.0. The molecule has 0 saturated heterocycles. The van der Waals surface area contributed by atoms with Crippen LogP contribution in [0.2, 0.25) is 0 Å². The second kappa shape index (κ2) is 6.61. The average molecular weight is 271 g/mol. The lowest BCUT2D eigenvalue weighted by Crippen LogP contribution is -2.18. The summed E-state index contributed by atoms with van der Waals surface area (Å²) in [6.45, 7) is 0. The van der Waals surface area contributed by atoms with E-state index in [0.717, 1.165) is 0 Å². The lowest BCUT2D eigenvalue weighted by Gasteiger charge is -2.01. The van der Waals surface area contributed by atoms with Crippen LogP contribution in [0.3, 0.4) is 0 Å². The van der Waals surface area contributed by atoms with Crippen molar-refractivity contribution in [3.05, 3.63) is 29.8 Å². The standard InChI is InChI=1S/C11H11ClN2O4/c1-13-11(16)18-14-10(12)9(15)7-3-5-8(17-2)6-4-7/h3-6H,1-2H3,(H,13,16). The van der Waals surface area contributed by atoms with Crippen LogP contribution in [0.5, 0.6) is 5.75 Å². The smallest absolute Gasteiger partial charge is 0.433 e. The summed E-state index contributed by atoms with van der Waals surface area (Å²) in [5.41, 5.74) is 0.310. The minimum atomic E-state index is -0.810. The number of carbonyl (C=O) groups is 2. The van der Waals surface area contributed by atoms with Gasteiger partial charge >= 0.3 is 6.09 Å². The molecule has 0 unspecified atom stereocenters. The highest BCUT2D eigenvalue weighted by Gasteiger charge is 2.13. The van der Waals surface area contributed by atoms with Crippen molar-refractivity contribution in [3.63, 3.8) is 0 Å². The molecule has 7 heteroatoms. The number of ether oxygens (including phenoxy) is 1. The zero-order chi connectivity index (χ0) is 13.5. The van der Waals surface area contributed by atoms with Gasteiger partial charge in [-0.15, -0.1) is 0 Å². The van der Waals surface area contributed by atoms with Gasteiger partial charge in [0.2, 0.25) is 11.0 Å². The largest absolute Gasteiger partial charge is 0.497 e. The van der Waals surface area contributed by atoms with Crippen LogP contribution in [0.15, 0.2) is 29.4 Å². The van der Waals surface area contributed by atoms with E-state index in [1.54, 1.807) is 12.1 Å². The van der Waals surface area contributed by atoms with Crippen molar-refractivity contribution >= 4 is 28.6 Å². The number of nitrogens with zero attached hydrogens (tertiary/aromatic N) is 1. The van der Waals surface area contributed by atoms with Crippen molar-refractivity contribution in [1.29, 1.82) is 0 Å². The quantitative estimate of drug-likeness (QED) is 0.392. The minimum Gasteiger partial charge on any atom is -0.497 e. The van der Waals surface area contributed by atoms with Crippen molar-refractivity contribution in [3.8, 4) is 5.75 Å². The highest BCUT2D eigenvalue weighted by molar-refractivity contribution is 6.84. The molecule has 0 aliphatic rings. The van der Waals surface area contributed by atoms with Gasteiger partial charge in [-0.1, -0.05) is 16.8 Å². The lowest BCUT2D eigenvalue weighted by molar-refractivity contribution is 0.106. The highest BCUT2D eigenvalue weighted by atomic mass is 35.5. The van der Waals surface area contributed by atoms with E-state index in [2.05, 4.69) is 15.3 Å². The summed E-state index contributed by atoms with van der Waals surface area (Å²) in [4.78, 5) is 26.8. The molecule has 1 aromatic rings. The Balaban J connectivity index is 2.76. The number of halogens is 1. The SMILES string of the molecule is CNC(=O)ON=C(Cl)C(=O)c1ccc(OC)cc1. The number of amides is 1. The maximum atomic E-state index is 11.7. The third kappa shape index (κ3) is 3.74. The Morgan fingerprint density at radius 1 is 1.28 bits per heavy atom. The number of hydrogen-bond acceptors (Lipinski definition) is 5. The fourth-order valence-electron chi connectivity index (χ4n) is 1.03. The first-order valence-corrected chi connectivity index (χ1v) is 5.27. The average Bonchev–Trinajstić information content (AvgIpc) is 2.43. The summed E-state index contributed by atoms with van der Waals surface area (Å²) in [5.74, 6) is 0.0597. The zero-order valence-electron chi connectivity index (χ0n) is 9.77. The first-order chi connectivity index (χ1) is 8.58. The monoisotopic (exact) mass is 270 g/mol. The number of carbonyl (C=O) groups excluding carboxylic acids is 2. The van der Waals surface area contributed by atoms with Crippen LogP contribution in [0, 0.1) is 0 Å². The second-order valence-electron chi connectivity index (χ2n) is 3.07. The van der Waals surface area contributed by atoms with Crippen LogP contribution in [0.25, 0.3) is 0 Å². The van der Waals surface area contributed by atoms with Crippen LogP contribution in [-0.2, 0) is 4.84 Å². The molecule has 1 amide bonds. The molecule has 1 N–H and O–H groups in total. The molecular weight excluding hydrogens is 260 g/mol. The Labute approximate surface area is 109 Å². The summed E-state index contributed by atoms with van der Waals surface area (Å²) >= 11 is 5.60. The van der Waals surface area contributed by atoms with Crippen LogP contribution in [0.4, 0.5) is 4.79 Å². The highest BCUT2D eigenvalue weighted by Crippen LogP contribution is 2.13. The van der Waals surface area contributed by atoms with Gasteiger partial charge in [0.1, 0.15) is 5.75 Å². The van der Waals surface area contributed by atoms with Gasteiger partial charge in [-0.2, -0.15) is 0 Å². The summed E-state index contributed by atoms with van der Waals surface area (Å²) in [7, 11) is 2.87. The van der Waals surface area contributed by atoms with Gasteiger partial charge < -0.3 is 10.1 Å². The molecule has 0 bridgehead atoms. The van der Waals surface area contributed by atoms with Gasteiger partial charge in [0.25, 0.3) is 0 Å². The fraction of sp³-hybridized carbons (Fsp3) is 0.182. The molecule has 0 spiro atoms. The van der Waals surface area contributed by atoms with E-state index in [-0.39, 0.29) is 0 Å². The van der Waals surface area contributed by atoms with Crippen LogP contribution < -0.4 is 10.1 Å². The Hall–Kier alpha value is -2.08. The minimum absolute atomic E-state index is 0.310. The molecule has 6 nitrogen and oxygen atoms in total. The molecule has 0 aromatic heterocycles. The molecule has 1 rings (SSSR count). The van der Waals surface area contributed by atoms with Gasteiger partial charge in [0.05, 0.1) is 7.11 Å². The molecule has 96 valence electrons. The van der Waals surface area contributed by atoms with Crippen molar-refractivity contribution in [2.75, 3.05) is 14.2 Å². The van der Waals surface area contributed by atoms with E-state index < -0.39 is 17.0 Å². The third-order valence-electron chi connectivity index (χ3n) is 1.95. The van der Waals surface area contributed by atoms with Gasteiger partial charge in [0.15, 0.2) is 0 Å². The molecule has 0 heterocycles. The molecule has 0 aliphatic carbocycles. The topological polar surface area (TPSA) is 77.0 Å². The second-order valence-corrected chi connectivity index (χ2v) is 3.43. The Morgan fingerprint density at radius 2 is 1.89 bits per heavy atom. The van der Waals surface area contributed by atoms with E-state index in [4.69, 9.17) is 16.3 Å². The molecule has 1 aromatic carbocycles. The predicted octanol–water partition coefficient (Wildman–Crippen LogP) is 1.79. The van der Waals surface area contributed by atoms with Crippen molar-refractivity contribution in [2.45, 2.75) is 0 Å². The molecule has 0 saturated carbocycles. The van der Waals surface area contributed by atoms with E-state index in [9.17, 15) is 9.59 Å². The van der Waals surface area contributed by atoms with Crippen molar-refractivity contribution in [1.82, 2.24) is 5.32 Å². The Morgan fingerprint density at radius 3 is 2.39 bits per heavy atom. The first-order valence-electron chi connectivity index (χ1n) is 4.89. The molecule has 18 heavy (non-hydrogen) atoms. The summed E-state index contributed by atoms with van der Waals surface area (Å²) in [5, 5.41) is 4.92. The number of methoxy groups -OCH3 is 1. The van der Waals surface area contributed by atoms with E-state index in [1.807, 2.05) is 0 Å². The van der Waals surface area contributed by atoms with Gasteiger partial charge in [-0.3, -0.25) is 9.63 Å². The number of nitrogens with one attached hydrogen (secondary N) is 1. The number of benzene rings is 1.